The molecule has 3 nitrogen and oxygen atoms in total. The van der Waals surface area contributed by atoms with E-state index in [0.29, 0.717) is 35.4 Å². The predicted molar refractivity (Wildman–Crippen MR) is 142 cm³/mol. The standard InChI is InChI=1S/C30H49BrO3/c1-18(2)19(3)8-9-20(4)24-12-13-25-26-11-10-22-16-23(34-21(5)32)14-15-29(22,7)30(26,31)27(33)17-28(24,25)6/h18-20,22-26H,8-17H2,1-7H3/t19-,20+,22-,23+,24+,25-,26+,28-,29+,30-/m0/s1. The fourth-order valence-electron chi connectivity index (χ4n) is 9.31. The molecule has 0 aliphatic heterocycles. The minimum absolute atomic E-state index is 0.0251. The van der Waals surface area contributed by atoms with Crippen molar-refractivity contribution in [2.75, 3.05) is 0 Å². The molecule has 0 bridgehead atoms. The Labute approximate surface area is 217 Å². The smallest absolute Gasteiger partial charge is 0.302 e. The molecular formula is C30H49BrO3. The van der Waals surface area contributed by atoms with Gasteiger partial charge < -0.3 is 4.74 Å². The van der Waals surface area contributed by atoms with Gasteiger partial charge in [-0.1, -0.05) is 70.3 Å². The molecule has 4 aliphatic carbocycles. The van der Waals surface area contributed by atoms with Gasteiger partial charge >= 0.3 is 5.97 Å². The molecule has 4 fully saturated rings. The Morgan fingerprint density at radius 3 is 2.35 bits per heavy atom. The highest BCUT2D eigenvalue weighted by Gasteiger charge is 2.70. The lowest BCUT2D eigenvalue weighted by Crippen LogP contribution is -2.67. The Hall–Kier alpha value is -0.380. The van der Waals surface area contributed by atoms with E-state index in [1.807, 2.05) is 0 Å². The van der Waals surface area contributed by atoms with Gasteiger partial charge in [0.2, 0.25) is 0 Å². The molecule has 0 saturated heterocycles. The normalized spacial score (nSPS) is 45.8. The maximum Gasteiger partial charge on any atom is 0.302 e. The van der Waals surface area contributed by atoms with Gasteiger partial charge in [-0.3, -0.25) is 9.59 Å². The number of halogens is 1. The number of carbonyl (C=O) groups is 2. The second-order valence-electron chi connectivity index (χ2n) is 13.7. The molecule has 10 atom stereocenters. The molecule has 0 spiro atoms. The van der Waals surface area contributed by atoms with E-state index >= 15 is 0 Å². The summed E-state index contributed by atoms with van der Waals surface area (Å²) in [5.74, 6) is 4.72. The quantitative estimate of drug-likeness (QED) is 0.255. The van der Waals surface area contributed by atoms with Crippen LogP contribution in [0.3, 0.4) is 0 Å². The number of ketones is 1. The molecule has 4 aliphatic rings. The van der Waals surface area contributed by atoms with Gasteiger partial charge in [0, 0.05) is 13.3 Å². The summed E-state index contributed by atoms with van der Waals surface area (Å²) < 4.78 is 5.22. The van der Waals surface area contributed by atoms with Crippen LogP contribution in [0.1, 0.15) is 113 Å². The minimum atomic E-state index is -0.404. The van der Waals surface area contributed by atoms with Gasteiger partial charge in [0.15, 0.2) is 5.78 Å². The van der Waals surface area contributed by atoms with Crippen molar-refractivity contribution in [3.8, 4) is 0 Å². The average molecular weight is 538 g/mol. The van der Waals surface area contributed by atoms with Crippen LogP contribution >= 0.6 is 15.9 Å². The zero-order valence-corrected chi connectivity index (χ0v) is 24.4. The summed E-state index contributed by atoms with van der Waals surface area (Å²) in [6.07, 6.45) is 11.0. The first-order chi connectivity index (χ1) is 15.8. The lowest BCUT2D eigenvalue weighted by Gasteiger charge is -2.64. The van der Waals surface area contributed by atoms with E-state index in [4.69, 9.17) is 4.74 Å². The summed E-state index contributed by atoms with van der Waals surface area (Å²) >= 11 is 4.23. The number of carbonyl (C=O) groups excluding carboxylic acids is 2. The summed E-state index contributed by atoms with van der Waals surface area (Å²) in [4.78, 5) is 25.8. The van der Waals surface area contributed by atoms with Crippen LogP contribution < -0.4 is 0 Å². The fraction of sp³-hybridized carbons (Fsp3) is 0.933. The van der Waals surface area contributed by atoms with Gasteiger partial charge in [0.25, 0.3) is 0 Å². The molecule has 0 N–H and O–H groups in total. The zero-order chi connectivity index (χ0) is 25.1. The lowest BCUT2D eigenvalue weighted by atomic mass is 9.44. The summed E-state index contributed by atoms with van der Waals surface area (Å²) in [5, 5.41) is 0. The van der Waals surface area contributed by atoms with E-state index in [1.165, 1.54) is 32.6 Å². The third kappa shape index (κ3) is 4.14. The van der Waals surface area contributed by atoms with Crippen LogP contribution in [0, 0.1) is 52.3 Å². The SMILES string of the molecule is CC(=O)O[C@@H]1CC[C@]2(C)[C@@H](CC[C@@H]3[C@@H]4CC[C@H]([C@H](C)CC[C@H](C)C(C)C)[C@]4(C)CC(=O)[C@@]32Br)C1. The van der Waals surface area contributed by atoms with Gasteiger partial charge in [0.1, 0.15) is 6.10 Å². The Morgan fingerprint density at radius 2 is 1.71 bits per heavy atom. The van der Waals surface area contributed by atoms with Crippen molar-refractivity contribution in [1.82, 2.24) is 0 Å². The first-order valence-corrected chi connectivity index (χ1v) is 15.0. The van der Waals surface area contributed by atoms with Gasteiger partial charge in [-0.15, -0.1) is 0 Å². The molecule has 0 aromatic heterocycles. The van der Waals surface area contributed by atoms with E-state index < -0.39 is 4.32 Å². The molecule has 4 heteroatoms. The largest absolute Gasteiger partial charge is 0.463 e. The molecule has 0 aromatic carbocycles. The predicted octanol–water partition coefficient (Wildman–Crippen LogP) is 7.98. The van der Waals surface area contributed by atoms with Gasteiger partial charge in [0.05, 0.1) is 4.32 Å². The zero-order valence-electron chi connectivity index (χ0n) is 22.8. The third-order valence-corrected chi connectivity index (χ3v) is 13.7. The highest BCUT2D eigenvalue weighted by atomic mass is 79.9. The Morgan fingerprint density at radius 1 is 1.03 bits per heavy atom. The summed E-state index contributed by atoms with van der Waals surface area (Å²) in [6, 6.07) is 0. The summed E-state index contributed by atoms with van der Waals surface area (Å²) in [5.41, 5.74) is 0.110. The maximum atomic E-state index is 14.2. The maximum absolute atomic E-state index is 14.2. The number of ether oxygens (including phenoxy) is 1. The van der Waals surface area contributed by atoms with Gasteiger partial charge in [-0.25, -0.2) is 0 Å². The second-order valence-corrected chi connectivity index (χ2v) is 14.9. The van der Waals surface area contributed by atoms with E-state index in [1.54, 1.807) is 0 Å². The van der Waals surface area contributed by atoms with Gasteiger partial charge in [-0.05, 0) is 97.2 Å². The second kappa shape index (κ2) is 9.49. The average Bonchev–Trinajstić information content (AvgIpc) is 3.09. The summed E-state index contributed by atoms with van der Waals surface area (Å²) in [7, 11) is 0. The fourth-order valence-corrected chi connectivity index (χ4v) is 10.5. The number of esters is 1. The number of fused-ring (bicyclic) bond motifs is 5. The highest BCUT2D eigenvalue weighted by Crippen LogP contribution is 2.71. The Balaban J connectivity index is 1.54. The van der Waals surface area contributed by atoms with Crippen LogP contribution in [0.4, 0.5) is 0 Å². The van der Waals surface area contributed by atoms with Crippen molar-refractivity contribution in [2.45, 2.75) is 123 Å². The van der Waals surface area contributed by atoms with Crippen molar-refractivity contribution in [1.29, 1.82) is 0 Å². The van der Waals surface area contributed by atoms with Crippen LogP contribution in [0.5, 0.6) is 0 Å². The molecule has 0 amide bonds. The molecule has 0 aromatic rings. The molecule has 4 rings (SSSR count). The van der Waals surface area contributed by atoms with E-state index in [9.17, 15) is 9.59 Å². The van der Waals surface area contributed by atoms with Crippen molar-refractivity contribution in [3.63, 3.8) is 0 Å². The van der Waals surface area contributed by atoms with Crippen molar-refractivity contribution in [2.24, 2.45) is 52.3 Å². The molecule has 194 valence electrons. The number of rotatable bonds is 6. The van der Waals surface area contributed by atoms with Crippen LogP contribution in [0.2, 0.25) is 0 Å². The number of hydrogen-bond donors (Lipinski definition) is 0. The van der Waals surface area contributed by atoms with Crippen LogP contribution in [0.25, 0.3) is 0 Å². The van der Waals surface area contributed by atoms with Crippen molar-refractivity contribution < 1.29 is 14.3 Å². The van der Waals surface area contributed by atoms with Crippen LogP contribution in [0.15, 0.2) is 0 Å². The number of hydrogen-bond acceptors (Lipinski definition) is 3. The molecular weight excluding hydrogens is 488 g/mol. The molecule has 0 radical (unpaired) electrons. The summed E-state index contributed by atoms with van der Waals surface area (Å²) in [6.45, 7) is 15.9. The lowest BCUT2D eigenvalue weighted by molar-refractivity contribution is -0.163. The van der Waals surface area contributed by atoms with Gasteiger partial charge in [-0.2, -0.15) is 0 Å². The van der Waals surface area contributed by atoms with E-state index in [2.05, 4.69) is 57.5 Å². The van der Waals surface area contributed by atoms with Crippen LogP contribution in [-0.4, -0.2) is 22.2 Å². The Bertz CT molecular complexity index is 794. The van der Waals surface area contributed by atoms with Crippen LogP contribution in [-0.2, 0) is 14.3 Å². The molecule has 34 heavy (non-hydrogen) atoms. The monoisotopic (exact) mass is 536 g/mol. The number of alkyl halides is 1. The van der Waals surface area contributed by atoms with E-state index in [0.717, 1.165) is 50.4 Å². The molecule has 0 heterocycles. The first kappa shape index (κ1) is 26.7. The Kier molecular flexibility index (Phi) is 7.45. The van der Waals surface area contributed by atoms with E-state index in [-0.39, 0.29) is 22.9 Å². The molecule has 0 unspecified atom stereocenters. The first-order valence-electron chi connectivity index (χ1n) is 14.2. The highest BCUT2D eigenvalue weighted by molar-refractivity contribution is 9.10. The van der Waals surface area contributed by atoms with Crippen molar-refractivity contribution >= 4 is 27.7 Å². The minimum Gasteiger partial charge on any atom is -0.463 e. The third-order valence-electron chi connectivity index (χ3n) is 11.8. The topological polar surface area (TPSA) is 43.4 Å². The van der Waals surface area contributed by atoms with Crippen molar-refractivity contribution in [3.05, 3.63) is 0 Å². The molecule has 4 saturated carbocycles. The number of Topliss-reactive ketones (excluding diaryl/α,β-unsaturated/α-hetero) is 1.